The van der Waals surface area contributed by atoms with Gasteiger partial charge in [0.1, 0.15) is 5.82 Å². The molecule has 0 aliphatic rings. The molecule has 0 spiro atoms. The minimum absolute atomic E-state index is 0.137. The molecule has 0 aliphatic heterocycles. The van der Waals surface area contributed by atoms with Crippen LogP contribution >= 0.6 is 0 Å². The van der Waals surface area contributed by atoms with Crippen LogP contribution in [0.15, 0.2) is 24.3 Å². The number of unbranched alkanes of at least 4 members (excludes halogenated alkanes) is 5. The third-order valence-electron chi connectivity index (χ3n) is 3.65. The normalized spacial score (nSPS) is 14.3. The van der Waals surface area contributed by atoms with E-state index in [1.807, 2.05) is 19.1 Å². The van der Waals surface area contributed by atoms with E-state index in [9.17, 15) is 4.39 Å². The van der Waals surface area contributed by atoms with E-state index < -0.39 is 0 Å². The first kappa shape index (κ1) is 16.2. The number of halogens is 1. The Morgan fingerprint density at radius 2 is 1.68 bits per heavy atom. The van der Waals surface area contributed by atoms with Gasteiger partial charge in [0.15, 0.2) is 0 Å². The van der Waals surface area contributed by atoms with Gasteiger partial charge in [-0.25, -0.2) is 4.39 Å². The molecule has 2 N–H and O–H groups in total. The molecule has 0 amide bonds. The lowest BCUT2D eigenvalue weighted by atomic mass is 9.88. The molecule has 0 saturated carbocycles. The van der Waals surface area contributed by atoms with Gasteiger partial charge in [0, 0.05) is 5.54 Å². The van der Waals surface area contributed by atoms with Crippen LogP contribution in [0.1, 0.15) is 64.4 Å². The molecule has 0 aromatic heterocycles. The van der Waals surface area contributed by atoms with Crippen molar-refractivity contribution in [3.8, 4) is 0 Å². The Labute approximate surface area is 117 Å². The van der Waals surface area contributed by atoms with Gasteiger partial charge in [0.05, 0.1) is 0 Å². The van der Waals surface area contributed by atoms with Gasteiger partial charge in [0.2, 0.25) is 0 Å². The fourth-order valence-corrected chi connectivity index (χ4v) is 2.47. The van der Waals surface area contributed by atoms with Gasteiger partial charge in [-0.2, -0.15) is 0 Å². The second kappa shape index (κ2) is 8.31. The molecule has 2 heteroatoms. The van der Waals surface area contributed by atoms with Crippen molar-refractivity contribution in [2.24, 2.45) is 5.73 Å². The van der Waals surface area contributed by atoms with Crippen LogP contribution in [-0.2, 0) is 6.42 Å². The number of benzene rings is 1. The lowest BCUT2D eigenvalue weighted by molar-refractivity contribution is 0.398. The highest BCUT2D eigenvalue weighted by molar-refractivity contribution is 5.19. The monoisotopic (exact) mass is 265 g/mol. The molecule has 0 saturated heterocycles. The third-order valence-corrected chi connectivity index (χ3v) is 3.65. The highest BCUT2D eigenvalue weighted by Crippen LogP contribution is 2.20. The van der Waals surface area contributed by atoms with E-state index in [0.717, 1.165) is 18.4 Å². The molecule has 1 atom stereocenters. The van der Waals surface area contributed by atoms with E-state index in [2.05, 4.69) is 6.92 Å². The van der Waals surface area contributed by atoms with Crippen molar-refractivity contribution in [1.82, 2.24) is 0 Å². The predicted octanol–water partition coefficient (Wildman–Crippen LogP) is 4.84. The molecule has 1 unspecified atom stereocenters. The zero-order valence-electron chi connectivity index (χ0n) is 12.4. The van der Waals surface area contributed by atoms with Gasteiger partial charge >= 0.3 is 0 Å². The summed E-state index contributed by atoms with van der Waals surface area (Å²) in [4.78, 5) is 0. The summed E-state index contributed by atoms with van der Waals surface area (Å²) in [6, 6.07) is 6.94. The van der Waals surface area contributed by atoms with E-state index in [1.165, 1.54) is 38.2 Å². The standard InChI is InChI=1S/C17H28FN/c1-3-4-5-6-7-10-13-17(2,19)14-15-11-8-9-12-16(15)18/h8-9,11-12H,3-7,10,13-14,19H2,1-2H3. The molecular formula is C17H28FN. The topological polar surface area (TPSA) is 26.0 Å². The third kappa shape index (κ3) is 6.72. The summed E-state index contributed by atoms with van der Waals surface area (Å²) in [5.74, 6) is -0.137. The summed E-state index contributed by atoms with van der Waals surface area (Å²) in [5, 5.41) is 0. The van der Waals surface area contributed by atoms with Crippen LogP contribution in [0.4, 0.5) is 4.39 Å². The first-order valence-corrected chi connectivity index (χ1v) is 7.57. The van der Waals surface area contributed by atoms with Crippen molar-refractivity contribution in [2.45, 2.75) is 70.8 Å². The van der Waals surface area contributed by atoms with Gasteiger partial charge in [-0.15, -0.1) is 0 Å². The molecule has 1 nitrogen and oxygen atoms in total. The van der Waals surface area contributed by atoms with Gasteiger partial charge in [0.25, 0.3) is 0 Å². The maximum atomic E-state index is 13.6. The molecule has 0 radical (unpaired) electrons. The molecule has 0 fully saturated rings. The van der Waals surface area contributed by atoms with Crippen LogP contribution in [0.25, 0.3) is 0 Å². The summed E-state index contributed by atoms with van der Waals surface area (Å²) in [5.41, 5.74) is 6.73. The van der Waals surface area contributed by atoms with E-state index in [0.29, 0.717) is 6.42 Å². The molecule has 19 heavy (non-hydrogen) atoms. The highest BCUT2D eigenvalue weighted by Gasteiger charge is 2.20. The number of hydrogen-bond donors (Lipinski definition) is 1. The zero-order valence-corrected chi connectivity index (χ0v) is 12.4. The van der Waals surface area contributed by atoms with E-state index in [-0.39, 0.29) is 11.4 Å². The maximum Gasteiger partial charge on any atom is 0.126 e. The summed E-state index contributed by atoms with van der Waals surface area (Å²) in [6.07, 6.45) is 9.20. The second-order valence-electron chi connectivity index (χ2n) is 5.94. The summed E-state index contributed by atoms with van der Waals surface area (Å²) >= 11 is 0. The molecule has 1 rings (SSSR count). The van der Waals surface area contributed by atoms with Crippen molar-refractivity contribution in [2.75, 3.05) is 0 Å². The first-order valence-electron chi connectivity index (χ1n) is 7.57. The van der Waals surface area contributed by atoms with Crippen molar-refractivity contribution in [3.05, 3.63) is 35.6 Å². The van der Waals surface area contributed by atoms with Crippen molar-refractivity contribution < 1.29 is 4.39 Å². The summed E-state index contributed by atoms with van der Waals surface area (Å²) in [7, 11) is 0. The van der Waals surface area contributed by atoms with Gasteiger partial charge < -0.3 is 5.73 Å². The SMILES string of the molecule is CCCCCCCCC(C)(N)Cc1ccccc1F. The van der Waals surface area contributed by atoms with Gasteiger partial charge in [-0.3, -0.25) is 0 Å². The average Bonchev–Trinajstić information content (AvgIpc) is 2.36. The first-order chi connectivity index (χ1) is 9.05. The molecular weight excluding hydrogens is 237 g/mol. The van der Waals surface area contributed by atoms with Crippen LogP contribution < -0.4 is 5.73 Å². The minimum atomic E-state index is -0.299. The van der Waals surface area contributed by atoms with E-state index in [1.54, 1.807) is 6.07 Å². The Balaban J connectivity index is 2.30. The van der Waals surface area contributed by atoms with Crippen LogP contribution in [0.2, 0.25) is 0 Å². The summed E-state index contributed by atoms with van der Waals surface area (Å²) in [6.45, 7) is 4.26. The van der Waals surface area contributed by atoms with E-state index in [4.69, 9.17) is 5.73 Å². The zero-order chi connectivity index (χ0) is 14.1. The van der Waals surface area contributed by atoms with Crippen LogP contribution in [-0.4, -0.2) is 5.54 Å². The maximum absolute atomic E-state index is 13.6. The highest BCUT2D eigenvalue weighted by atomic mass is 19.1. The Hall–Kier alpha value is -0.890. The lowest BCUT2D eigenvalue weighted by Crippen LogP contribution is -2.38. The number of hydrogen-bond acceptors (Lipinski definition) is 1. The fourth-order valence-electron chi connectivity index (χ4n) is 2.47. The quantitative estimate of drug-likeness (QED) is 0.635. The predicted molar refractivity (Wildman–Crippen MR) is 80.7 cm³/mol. The molecule has 108 valence electrons. The van der Waals surface area contributed by atoms with Gasteiger partial charge in [-0.1, -0.05) is 63.6 Å². The largest absolute Gasteiger partial charge is 0.325 e. The van der Waals surface area contributed by atoms with E-state index >= 15 is 0 Å². The van der Waals surface area contributed by atoms with Crippen LogP contribution in [0.3, 0.4) is 0 Å². The van der Waals surface area contributed by atoms with Crippen molar-refractivity contribution >= 4 is 0 Å². The summed E-state index contributed by atoms with van der Waals surface area (Å²) < 4.78 is 13.6. The smallest absolute Gasteiger partial charge is 0.126 e. The molecule has 0 aliphatic carbocycles. The Morgan fingerprint density at radius 1 is 1.05 bits per heavy atom. The Bertz CT molecular complexity index is 360. The Morgan fingerprint density at radius 3 is 2.37 bits per heavy atom. The number of rotatable bonds is 9. The molecule has 1 aromatic rings. The second-order valence-corrected chi connectivity index (χ2v) is 5.94. The fraction of sp³-hybridized carbons (Fsp3) is 0.647. The van der Waals surface area contributed by atoms with Crippen molar-refractivity contribution in [3.63, 3.8) is 0 Å². The Kier molecular flexibility index (Phi) is 7.07. The van der Waals surface area contributed by atoms with Crippen LogP contribution in [0, 0.1) is 5.82 Å². The minimum Gasteiger partial charge on any atom is -0.325 e. The lowest BCUT2D eigenvalue weighted by Gasteiger charge is -2.25. The molecule has 0 heterocycles. The number of nitrogens with two attached hydrogens (primary N) is 1. The van der Waals surface area contributed by atoms with Crippen molar-refractivity contribution in [1.29, 1.82) is 0 Å². The molecule has 1 aromatic carbocycles. The van der Waals surface area contributed by atoms with Crippen LogP contribution in [0.5, 0.6) is 0 Å². The average molecular weight is 265 g/mol. The molecule has 0 bridgehead atoms. The van der Waals surface area contributed by atoms with Gasteiger partial charge in [-0.05, 0) is 31.4 Å².